The molecule has 0 N–H and O–H groups in total. The minimum atomic E-state index is -0.0119. The second-order valence-corrected chi connectivity index (χ2v) is 7.09. The molecule has 2 aromatic heterocycles. The first kappa shape index (κ1) is 16.7. The smallest absolute Gasteiger partial charge is 0.272 e. The van der Waals surface area contributed by atoms with E-state index in [0.29, 0.717) is 12.2 Å². The van der Waals surface area contributed by atoms with Crippen LogP contribution in [-0.2, 0) is 0 Å². The molecule has 3 heterocycles. The summed E-state index contributed by atoms with van der Waals surface area (Å²) < 4.78 is 7.79. The van der Waals surface area contributed by atoms with Crippen LogP contribution in [0.4, 0.5) is 0 Å². The van der Waals surface area contributed by atoms with Gasteiger partial charge in [0, 0.05) is 18.8 Å². The molecule has 1 aliphatic heterocycles. The number of benzene rings is 2. The van der Waals surface area contributed by atoms with E-state index in [1.54, 1.807) is 12.5 Å². The highest BCUT2D eigenvalue weighted by Gasteiger charge is 2.30. The van der Waals surface area contributed by atoms with Gasteiger partial charge in [-0.1, -0.05) is 30.3 Å². The van der Waals surface area contributed by atoms with Gasteiger partial charge in [0.15, 0.2) is 11.5 Å². The number of carbonyl (C=O) groups excluding carboxylic acids is 1. The lowest BCUT2D eigenvalue weighted by atomic mass is 9.97. The SMILES string of the molecule is O=C(c1cncn1-c1ccccc1)N1CCC[C@@H](c2nc3ccccc3o2)C1. The summed E-state index contributed by atoms with van der Waals surface area (Å²) in [6.07, 6.45) is 5.21. The van der Waals surface area contributed by atoms with E-state index in [2.05, 4.69) is 9.97 Å². The van der Waals surface area contributed by atoms with Crippen molar-refractivity contribution < 1.29 is 9.21 Å². The average Bonchev–Trinajstić information content (AvgIpc) is 3.41. The number of piperidine rings is 1. The first-order chi connectivity index (χ1) is 13.8. The number of amides is 1. The summed E-state index contributed by atoms with van der Waals surface area (Å²) in [6.45, 7) is 1.33. The highest BCUT2D eigenvalue weighted by molar-refractivity contribution is 5.93. The quantitative estimate of drug-likeness (QED) is 0.545. The molecule has 1 saturated heterocycles. The zero-order valence-electron chi connectivity index (χ0n) is 15.4. The highest BCUT2D eigenvalue weighted by atomic mass is 16.3. The third kappa shape index (κ3) is 2.97. The van der Waals surface area contributed by atoms with Gasteiger partial charge in [0.1, 0.15) is 11.2 Å². The van der Waals surface area contributed by atoms with Crippen molar-refractivity contribution in [2.24, 2.45) is 0 Å². The lowest BCUT2D eigenvalue weighted by molar-refractivity contribution is 0.0691. The summed E-state index contributed by atoms with van der Waals surface area (Å²) in [7, 11) is 0. The van der Waals surface area contributed by atoms with Gasteiger partial charge in [-0.3, -0.25) is 9.36 Å². The molecule has 1 amide bonds. The Kier molecular flexibility index (Phi) is 4.16. The Morgan fingerprint density at radius 2 is 1.89 bits per heavy atom. The second-order valence-electron chi connectivity index (χ2n) is 7.09. The Morgan fingerprint density at radius 1 is 1.07 bits per heavy atom. The first-order valence-electron chi connectivity index (χ1n) is 9.52. The predicted octanol–water partition coefficient (Wildman–Crippen LogP) is 4.03. The van der Waals surface area contributed by atoms with E-state index in [1.165, 1.54) is 0 Å². The molecule has 6 heteroatoms. The third-order valence-electron chi connectivity index (χ3n) is 5.26. The number of oxazole rings is 1. The Bertz CT molecular complexity index is 1080. The van der Waals surface area contributed by atoms with Crippen LogP contribution in [0.1, 0.15) is 35.1 Å². The number of imidazole rings is 1. The van der Waals surface area contributed by atoms with Gasteiger partial charge in [-0.05, 0) is 37.1 Å². The highest BCUT2D eigenvalue weighted by Crippen LogP contribution is 2.29. The molecule has 1 atom stereocenters. The third-order valence-corrected chi connectivity index (χ3v) is 5.26. The van der Waals surface area contributed by atoms with Crippen LogP contribution in [0.2, 0.25) is 0 Å². The zero-order chi connectivity index (χ0) is 18.9. The minimum absolute atomic E-state index is 0.0119. The van der Waals surface area contributed by atoms with Crippen LogP contribution < -0.4 is 0 Å². The lowest BCUT2D eigenvalue weighted by Crippen LogP contribution is -2.39. The lowest BCUT2D eigenvalue weighted by Gasteiger charge is -2.31. The van der Waals surface area contributed by atoms with Crippen LogP contribution in [0.3, 0.4) is 0 Å². The number of carbonyl (C=O) groups is 1. The molecule has 0 unspecified atom stereocenters. The second kappa shape index (κ2) is 6.96. The van der Waals surface area contributed by atoms with Crippen LogP contribution in [-0.4, -0.2) is 38.4 Å². The number of aromatic nitrogens is 3. The van der Waals surface area contributed by atoms with Crippen molar-refractivity contribution in [1.29, 1.82) is 0 Å². The molecule has 28 heavy (non-hydrogen) atoms. The van der Waals surface area contributed by atoms with E-state index in [1.807, 2.05) is 64.1 Å². The summed E-state index contributed by atoms with van der Waals surface area (Å²) in [5, 5.41) is 0. The number of hydrogen-bond donors (Lipinski definition) is 0. The topological polar surface area (TPSA) is 64.2 Å². The molecule has 0 saturated carbocycles. The molecule has 4 aromatic rings. The number of nitrogens with zero attached hydrogens (tertiary/aromatic N) is 4. The number of rotatable bonds is 3. The van der Waals surface area contributed by atoms with E-state index in [9.17, 15) is 4.79 Å². The van der Waals surface area contributed by atoms with Crippen molar-refractivity contribution in [3.05, 3.63) is 78.7 Å². The molecule has 6 nitrogen and oxygen atoms in total. The maximum absolute atomic E-state index is 13.2. The average molecular weight is 372 g/mol. The maximum atomic E-state index is 13.2. The maximum Gasteiger partial charge on any atom is 0.272 e. The minimum Gasteiger partial charge on any atom is -0.440 e. The van der Waals surface area contributed by atoms with Crippen molar-refractivity contribution in [2.75, 3.05) is 13.1 Å². The number of hydrogen-bond acceptors (Lipinski definition) is 4. The molecule has 0 aliphatic carbocycles. The van der Waals surface area contributed by atoms with Crippen molar-refractivity contribution in [3.63, 3.8) is 0 Å². The Hall–Kier alpha value is -3.41. The molecule has 0 bridgehead atoms. The number of fused-ring (bicyclic) bond motifs is 1. The van der Waals surface area contributed by atoms with Gasteiger partial charge in [0.25, 0.3) is 5.91 Å². The van der Waals surface area contributed by atoms with Gasteiger partial charge in [-0.25, -0.2) is 9.97 Å². The number of para-hydroxylation sites is 3. The first-order valence-corrected chi connectivity index (χ1v) is 9.52. The van der Waals surface area contributed by atoms with Gasteiger partial charge >= 0.3 is 0 Å². The largest absolute Gasteiger partial charge is 0.440 e. The van der Waals surface area contributed by atoms with Crippen LogP contribution in [0, 0.1) is 0 Å². The summed E-state index contributed by atoms with van der Waals surface area (Å²) in [4.78, 5) is 23.9. The number of likely N-dealkylation sites (tertiary alicyclic amines) is 1. The molecule has 0 radical (unpaired) electrons. The fraction of sp³-hybridized carbons (Fsp3) is 0.227. The molecule has 2 aromatic carbocycles. The standard InChI is InChI=1S/C22H20N4O2/c27-22(19-13-23-15-26(19)17-8-2-1-3-9-17)25-12-6-7-16(14-25)21-24-18-10-4-5-11-20(18)28-21/h1-5,8-11,13,15-16H,6-7,12,14H2/t16-/m1/s1. The van der Waals surface area contributed by atoms with Crippen molar-refractivity contribution in [1.82, 2.24) is 19.4 Å². The Morgan fingerprint density at radius 3 is 2.75 bits per heavy atom. The van der Waals surface area contributed by atoms with Crippen LogP contribution >= 0.6 is 0 Å². The summed E-state index contributed by atoms with van der Waals surface area (Å²) in [5.74, 6) is 0.815. The molecule has 1 fully saturated rings. The van der Waals surface area contributed by atoms with E-state index in [-0.39, 0.29) is 11.8 Å². The van der Waals surface area contributed by atoms with Gasteiger partial charge in [-0.15, -0.1) is 0 Å². The van der Waals surface area contributed by atoms with E-state index < -0.39 is 0 Å². The molecule has 140 valence electrons. The molecule has 0 spiro atoms. The molecule has 5 rings (SSSR count). The fourth-order valence-electron chi connectivity index (χ4n) is 3.84. The van der Waals surface area contributed by atoms with Gasteiger partial charge in [-0.2, -0.15) is 0 Å². The van der Waals surface area contributed by atoms with Gasteiger partial charge in [0.2, 0.25) is 0 Å². The van der Waals surface area contributed by atoms with Crippen LogP contribution in [0.25, 0.3) is 16.8 Å². The summed E-state index contributed by atoms with van der Waals surface area (Å²) in [6, 6.07) is 17.6. The van der Waals surface area contributed by atoms with Crippen LogP contribution in [0.5, 0.6) is 0 Å². The van der Waals surface area contributed by atoms with Crippen molar-refractivity contribution in [3.8, 4) is 5.69 Å². The Balaban J connectivity index is 1.40. The van der Waals surface area contributed by atoms with Gasteiger partial charge in [0.05, 0.1) is 18.4 Å². The van der Waals surface area contributed by atoms with Crippen molar-refractivity contribution >= 4 is 17.0 Å². The molecule has 1 aliphatic rings. The predicted molar refractivity (Wildman–Crippen MR) is 105 cm³/mol. The normalized spacial score (nSPS) is 17.1. The molecular weight excluding hydrogens is 352 g/mol. The molecular formula is C22H20N4O2. The zero-order valence-corrected chi connectivity index (χ0v) is 15.4. The van der Waals surface area contributed by atoms with E-state index in [4.69, 9.17) is 4.42 Å². The summed E-state index contributed by atoms with van der Waals surface area (Å²) in [5.41, 5.74) is 3.16. The van der Waals surface area contributed by atoms with Crippen molar-refractivity contribution in [2.45, 2.75) is 18.8 Å². The monoisotopic (exact) mass is 372 g/mol. The Labute approximate surface area is 162 Å². The van der Waals surface area contributed by atoms with E-state index >= 15 is 0 Å². The van der Waals surface area contributed by atoms with E-state index in [0.717, 1.165) is 42.1 Å². The fourth-order valence-corrected chi connectivity index (χ4v) is 3.84. The van der Waals surface area contributed by atoms with Crippen LogP contribution in [0.15, 0.2) is 71.5 Å². The van der Waals surface area contributed by atoms with Gasteiger partial charge < -0.3 is 9.32 Å². The summed E-state index contributed by atoms with van der Waals surface area (Å²) >= 11 is 0.